The van der Waals surface area contributed by atoms with Crippen molar-refractivity contribution < 1.29 is 29.0 Å². The predicted octanol–water partition coefficient (Wildman–Crippen LogP) is 3.69. The molecule has 0 saturated carbocycles. The van der Waals surface area contributed by atoms with Crippen LogP contribution in [0.3, 0.4) is 0 Å². The molecule has 3 unspecified atom stereocenters. The Morgan fingerprint density at radius 3 is 2.46 bits per heavy atom. The van der Waals surface area contributed by atoms with Gasteiger partial charge < -0.3 is 29.3 Å². The molecule has 3 aliphatic heterocycles. The molecule has 41 heavy (non-hydrogen) atoms. The molecule has 7 atom stereocenters. The maximum Gasteiger partial charge on any atom is 0.312 e. The third-order valence-corrected chi connectivity index (χ3v) is 9.48. The number of fused-ring (bicyclic) bond motifs is 1. The lowest BCUT2D eigenvalue weighted by Gasteiger charge is -2.38. The first-order valence-electron chi connectivity index (χ1n) is 14.5. The zero-order valence-corrected chi connectivity index (χ0v) is 25.8. The number of likely N-dealkylation sites (tertiary alicyclic amines) is 1. The van der Waals surface area contributed by atoms with Crippen LogP contribution in [-0.2, 0) is 23.9 Å². The van der Waals surface area contributed by atoms with Gasteiger partial charge in [-0.25, -0.2) is 0 Å². The molecule has 9 nitrogen and oxygen atoms in total. The summed E-state index contributed by atoms with van der Waals surface area (Å²) in [6.45, 7) is 15.2. The Balaban J connectivity index is 1.71. The number of aliphatic hydroxyl groups is 1. The Hall–Kier alpha value is -2.69. The first-order chi connectivity index (χ1) is 19.7. The summed E-state index contributed by atoms with van der Waals surface area (Å²) in [4.78, 5) is 47.0. The molecule has 1 N–H and O–H groups in total. The van der Waals surface area contributed by atoms with Crippen molar-refractivity contribution in [1.82, 2.24) is 4.90 Å². The van der Waals surface area contributed by atoms with E-state index < -0.39 is 41.6 Å². The van der Waals surface area contributed by atoms with Gasteiger partial charge in [-0.15, -0.1) is 13.2 Å². The average Bonchev–Trinajstić information content (AvgIpc) is 3.57. The number of halogens is 1. The first kappa shape index (κ1) is 31.3. The highest BCUT2D eigenvalue weighted by atomic mass is 79.9. The largest absolute Gasteiger partial charge is 0.465 e. The summed E-state index contributed by atoms with van der Waals surface area (Å²) in [6, 6.07) is 6.05. The van der Waals surface area contributed by atoms with Crippen LogP contribution < -0.4 is 9.80 Å². The molecule has 1 aromatic carbocycles. The standard InChI is InChI=1S/C31H42BrN3O6/c1-6-10-11-17-40-30(39)24-25-28(37)35(20(5)19-36)27(31(25)18-23(32)26(24)41-31)29(38)34(16-7-2)22-14-12-21(13-15-22)33(8-3)9-4/h6-7,12-15,20,23-27,36H,1-2,8-11,16-19H2,3-5H3/t20-,23?,24+,25+,26+,27?,31?/m1/s1. The van der Waals surface area contributed by atoms with Crippen LogP contribution in [0.5, 0.6) is 0 Å². The second kappa shape index (κ2) is 13.1. The molecule has 10 heteroatoms. The van der Waals surface area contributed by atoms with Crippen molar-refractivity contribution in [1.29, 1.82) is 0 Å². The maximum atomic E-state index is 14.6. The quantitative estimate of drug-likeness (QED) is 0.145. The van der Waals surface area contributed by atoms with E-state index in [0.29, 0.717) is 24.9 Å². The second-order valence-electron chi connectivity index (χ2n) is 11.0. The van der Waals surface area contributed by atoms with Crippen LogP contribution in [0, 0.1) is 11.8 Å². The molecular formula is C31H42BrN3O6. The van der Waals surface area contributed by atoms with Crippen molar-refractivity contribution in [3.63, 3.8) is 0 Å². The SMILES string of the molecule is C=CCCCOC(=O)[C@H]1[C@H]2C(=O)N([C@H](C)CO)C(C(=O)N(CC=C)c3ccc(N(CC)CC)cc3)C23CC(Br)[C@@H]1O3. The lowest BCUT2D eigenvalue weighted by Crippen LogP contribution is -2.58. The molecule has 3 fully saturated rings. The second-order valence-corrected chi connectivity index (χ2v) is 12.1. The van der Waals surface area contributed by atoms with Gasteiger partial charge in [-0.1, -0.05) is 28.1 Å². The van der Waals surface area contributed by atoms with Crippen molar-refractivity contribution in [2.75, 3.05) is 42.6 Å². The van der Waals surface area contributed by atoms with E-state index in [1.807, 2.05) is 24.3 Å². The van der Waals surface area contributed by atoms with Gasteiger partial charge in [0.2, 0.25) is 5.91 Å². The van der Waals surface area contributed by atoms with Crippen molar-refractivity contribution in [2.45, 2.75) is 68.6 Å². The van der Waals surface area contributed by atoms with Gasteiger partial charge in [-0.05, 0) is 64.3 Å². The number of ether oxygens (including phenoxy) is 2. The van der Waals surface area contributed by atoms with Crippen LogP contribution in [0.4, 0.5) is 11.4 Å². The van der Waals surface area contributed by atoms with Gasteiger partial charge in [0.1, 0.15) is 11.6 Å². The smallest absolute Gasteiger partial charge is 0.312 e. The minimum Gasteiger partial charge on any atom is -0.465 e. The normalized spacial score (nSPS) is 28.8. The molecule has 2 bridgehead atoms. The molecule has 224 valence electrons. The number of anilines is 2. The molecule has 3 saturated heterocycles. The summed E-state index contributed by atoms with van der Waals surface area (Å²) in [5.74, 6) is -2.93. The summed E-state index contributed by atoms with van der Waals surface area (Å²) < 4.78 is 12.1. The van der Waals surface area contributed by atoms with E-state index in [9.17, 15) is 19.5 Å². The monoisotopic (exact) mass is 631 g/mol. The number of hydrogen-bond donors (Lipinski definition) is 1. The first-order valence-corrected chi connectivity index (χ1v) is 15.4. The number of unbranched alkanes of at least 4 members (excludes halogenated alkanes) is 1. The van der Waals surface area contributed by atoms with E-state index in [1.54, 1.807) is 24.0 Å². The fourth-order valence-corrected chi connectivity index (χ4v) is 7.65. The Labute approximate surface area is 251 Å². The highest BCUT2D eigenvalue weighted by molar-refractivity contribution is 9.09. The number of rotatable bonds is 14. The number of alkyl halides is 1. The summed E-state index contributed by atoms with van der Waals surface area (Å²) in [5, 5.41) is 10.1. The van der Waals surface area contributed by atoms with E-state index in [1.165, 1.54) is 4.90 Å². The van der Waals surface area contributed by atoms with Gasteiger partial charge >= 0.3 is 5.97 Å². The molecule has 1 spiro atoms. The van der Waals surface area contributed by atoms with E-state index in [0.717, 1.165) is 18.8 Å². The summed E-state index contributed by atoms with van der Waals surface area (Å²) >= 11 is 3.68. The zero-order valence-electron chi connectivity index (χ0n) is 24.2. The number of amides is 2. The minimum absolute atomic E-state index is 0.213. The van der Waals surface area contributed by atoms with Gasteiger partial charge in [0.25, 0.3) is 5.91 Å². The van der Waals surface area contributed by atoms with Crippen molar-refractivity contribution in [3.8, 4) is 0 Å². The van der Waals surface area contributed by atoms with Crippen LogP contribution in [0.1, 0.15) is 40.0 Å². The molecule has 3 heterocycles. The van der Waals surface area contributed by atoms with E-state index >= 15 is 0 Å². The minimum atomic E-state index is -1.23. The number of carbonyl (C=O) groups is 3. The van der Waals surface area contributed by atoms with Crippen molar-refractivity contribution in [3.05, 3.63) is 49.6 Å². The lowest BCUT2D eigenvalue weighted by atomic mass is 9.70. The molecule has 3 aliphatic rings. The molecular weight excluding hydrogens is 590 g/mol. The molecule has 4 rings (SSSR count). The number of carbonyl (C=O) groups excluding carboxylic acids is 3. The Morgan fingerprint density at radius 1 is 1.22 bits per heavy atom. The van der Waals surface area contributed by atoms with E-state index in [-0.39, 0.29) is 36.4 Å². The Bertz CT molecular complexity index is 1140. The fraction of sp³-hybridized carbons (Fsp3) is 0.581. The number of benzene rings is 1. The molecule has 0 radical (unpaired) electrons. The van der Waals surface area contributed by atoms with E-state index in [2.05, 4.69) is 47.8 Å². The Kier molecular flexibility index (Phi) is 9.97. The Morgan fingerprint density at radius 2 is 1.88 bits per heavy atom. The average molecular weight is 633 g/mol. The van der Waals surface area contributed by atoms with Gasteiger partial charge in [0, 0.05) is 35.8 Å². The third-order valence-electron chi connectivity index (χ3n) is 8.64. The molecule has 2 amide bonds. The van der Waals surface area contributed by atoms with Crippen LogP contribution in [0.15, 0.2) is 49.6 Å². The van der Waals surface area contributed by atoms with E-state index in [4.69, 9.17) is 9.47 Å². The topological polar surface area (TPSA) is 99.6 Å². The number of allylic oxidation sites excluding steroid dienone is 1. The third kappa shape index (κ3) is 5.46. The highest BCUT2D eigenvalue weighted by Crippen LogP contribution is 2.60. The van der Waals surface area contributed by atoms with Crippen LogP contribution in [-0.4, -0.2) is 89.3 Å². The lowest BCUT2D eigenvalue weighted by molar-refractivity contribution is -0.155. The van der Waals surface area contributed by atoms with Crippen LogP contribution >= 0.6 is 15.9 Å². The molecule has 0 aliphatic carbocycles. The van der Waals surface area contributed by atoms with Gasteiger partial charge in [0.15, 0.2) is 0 Å². The van der Waals surface area contributed by atoms with Crippen molar-refractivity contribution in [2.24, 2.45) is 11.8 Å². The van der Waals surface area contributed by atoms with Crippen molar-refractivity contribution >= 4 is 45.1 Å². The van der Waals surface area contributed by atoms with Crippen LogP contribution in [0.25, 0.3) is 0 Å². The molecule has 1 aromatic rings. The summed E-state index contributed by atoms with van der Waals surface area (Å²) in [7, 11) is 0. The summed E-state index contributed by atoms with van der Waals surface area (Å²) in [5.41, 5.74) is 0.474. The van der Waals surface area contributed by atoms with Crippen LogP contribution in [0.2, 0.25) is 0 Å². The van der Waals surface area contributed by atoms with Gasteiger partial charge in [-0.3, -0.25) is 14.4 Å². The molecule has 0 aromatic heterocycles. The predicted molar refractivity (Wildman–Crippen MR) is 162 cm³/mol. The fourth-order valence-electron chi connectivity index (χ4n) is 6.71. The summed E-state index contributed by atoms with van der Waals surface area (Å²) in [6.07, 6.45) is 4.52. The number of aliphatic hydroxyl groups excluding tert-OH is 1. The zero-order chi connectivity index (χ0) is 29.9. The highest BCUT2D eigenvalue weighted by Gasteiger charge is 2.77. The van der Waals surface area contributed by atoms with Gasteiger partial charge in [0.05, 0.1) is 37.2 Å². The maximum absolute atomic E-state index is 14.6. The number of nitrogens with zero attached hydrogens (tertiary/aromatic N) is 3. The number of esters is 1. The number of hydrogen-bond acceptors (Lipinski definition) is 7. The van der Waals surface area contributed by atoms with Gasteiger partial charge in [-0.2, -0.15) is 0 Å².